The Morgan fingerprint density at radius 1 is 1.07 bits per heavy atom. The lowest BCUT2D eigenvalue weighted by molar-refractivity contribution is -0.143. The van der Waals surface area contributed by atoms with Crippen molar-refractivity contribution >= 4 is 58.1 Å². The molecule has 3 rings (SSSR count). The van der Waals surface area contributed by atoms with Gasteiger partial charge in [0, 0.05) is 0 Å². The zero-order chi connectivity index (χ0) is 20.6. The molecule has 2 aliphatic heterocycles. The molecule has 0 aromatic heterocycles. The number of aliphatic carboxylic acids is 1. The lowest BCUT2D eigenvalue weighted by Crippen LogP contribution is -2.34. The lowest BCUT2D eigenvalue weighted by Gasteiger charge is -2.13. The predicted octanol–water partition coefficient (Wildman–Crippen LogP) is 2.21. The highest BCUT2D eigenvalue weighted by molar-refractivity contribution is 6.42. The Labute approximate surface area is 169 Å². The van der Waals surface area contributed by atoms with E-state index in [0.717, 1.165) is 10.0 Å². The standard InChI is InChI=1S/C16H14Cl2N6O4/c1-7-13(15(27)23(21-7)6-12(25)26)19-20-14-8(2)22-24(16(14)28)9-3-4-10(17)11(18)5-9/h3-5,13-14H,6H2,1-2H3,(H,25,26). The average molecular weight is 425 g/mol. The van der Waals surface area contributed by atoms with Gasteiger partial charge in [0.15, 0.2) is 12.1 Å². The van der Waals surface area contributed by atoms with E-state index < -0.39 is 36.4 Å². The molecule has 2 aliphatic rings. The van der Waals surface area contributed by atoms with E-state index in [2.05, 4.69) is 20.4 Å². The maximum Gasteiger partial charge on any atom is 0.325 e. The van der Waals surface area contributed by atoms with Crippen molar-refractivity contribution in [2.75, 3.05) is 11.6 Å². The van der Waals surface area contributed by atoms with Crippen molar-refractivity contribution in [1.29, 1.82) is 0 Å². The molecule has 28 heavy (non-hydrogen) atoms. The van der Waals surface area contributed by atoms with Gasteiger partial charge in [0.05, 0.1) is 27.2 Å². The number of hydrogen-bond acceptors (Lipinski definition) is 7. The molecule has 0 fully saturated rings. The molecule has 0 saturated heterocycles. The predicted molar refractivity (Wildman–Crippen MR) is 102 cm³/mol. The number of rotatable bonds is 5. The van der Waals surface area contributed by atoms with Crippen LogP contribution < -0.4 is 5.01 Å². The summed E-state index contributed by atoms with van der Waals surface area (Å²) in [5.74, 6) is -2.29. The lowest BCUT2D eigenvalue weighted by atomic mass is 10.2. The molecule has 0 saturated carbocycles. The highest BCUT2D eigenvalue weighted by atomic mass is 35.5. The number of carboxylic acids is 1. The van der Waals surface area contributed by atoms with Gasteiger partial charge in [-0.3, -0.25) is 14.4 Å². The van der Waals surface area contributed by atoms with Gasteiger partial charge in [-0.2, -0.15) is 25.4 Å². The van der Waals surface area contributed by atoms with E-state index in [9.17, 15) is 14.4 Å². The molecule has 10 nitrogen and oxygen atoms in total. The second-order valence-electron chi connectivity index (χ2n) is 6.06. The maximum absolute atomic E-state index is 12.7. The third kappa shape index (κ3) is 3.73. The van der Waals surface area contributed by atoms with Crippen LogP contribution in [-0.4, -0.2) is 58.0 Å². The minimum Gasteiger partial charge on any atom is -0.480 e. The van der Waals surface area contributed by atoms with E-state index in [1.807, 2.05) is 0 Å². The molecule has 2 heterocycles. The Morgan fingerprint density at radius 3 is 2.29 bits per heavy atom. The molecular weight excluding hydrogens is 411 g/mol. The Balaban J connectivity index is 1.76. The Morgan fingerprint density at radius 2 is 1.68 bits per heavy atom. The fourth-order valence-electron chi connectivity index (χ4n) is 2.61. The van der Waals surface area contributed by atoms with Crippen molar-refractivity contribution in [2.24, 2.45) is 20.4 Å². The molecule has 0 radical (unpaired) electrons. The number of carbonyl (C=O) groups is 3. The minimum atomic E-state index is -1.20. The quantitative estimate of drug-likeness (QED) is 0.726. The summed E-state index contributed by atoms with van der Waals surface area (Å²) in [4.78, 5) is 35.7. The average Bonchev–Trinajstić information content (AvgIpc) is 3.04. The number of azo groups is 1. The topological polar surface area (TPSA) is 127 Å². The smallest absolute Gasteiger partial charge is 0.325 e. The van der Waals surface area contributed by atoms with E-state index in [4.69, 9.17) is 28.3 Å². The van der Waals surface area contributed by atoms with Gasteiger partial charge in [-0.05, 0) is 32.0 Å². The summed E-state index contributed by atoms with van der Waals surface area (Å²) in [7, 11) is 0. The van der Waals surface area contributed by atoms with Crippen LogP contribution in [-0.2, 0) is 14.4 Å². The van der Waals surface area contributed by atoms with Crippen molar-refractivity contribution in [3.8, 4) is 0 Å². The number of amides is 2. The Bertz CT molecular complexity index is 960. The van der Waals surface area contributed by atoms with Crippen LogP contribution in [0.5, 0.6) is 0 Å². The van der Waals surface area contributed by atoms with E-state index in [1.54, 1.807) is 19.1 Å². The SMILES string of the molecule is CC1=NN(CC(=O)O)C(=O)C1N=NC1C(=O)N(c2ccc(Cl)c(Cl)c2)N=C1C. The first kappa shape index (κ1) is 19.9. The number of hydrogen-bond donors (Lipinski definition) is 1. The van der Waals surface area contributed by atoms with E-state index >= 15 is 0 Å². The first-order valence-corrected chi connectivity index (χ1v) is 8.77. The van der Waals surface area contributed by atoms with Crippen molar-refractivity contribution in [3.63, 3.8) is 0 Å². The van der Waals surface area contributed by atoms with Crippen LogP contribution in [0.2, 0.25) is 10.0 Å². The summed E-state index contributed by atoms with van der Waals surface area (Å²) in [6.07, 6.45) is 0. The van der Waals surface area contributed by atoms with Gasteiger partial charge in [-0.15, -0.1) is 0 Å². The van der Waals surface area contributed by atoms with Gasteiger partial charge >= 0.3 is 5.97 Å². The zero-order valence-electron chi connectivity index (χ0n) is 14.7. The zero-order valence-corrected chi connectivity index (χ0v) is 16.2. The fourth-order valence-corrected chi connectivity index (χ4v) is 2.91. The van der Waals surface area contributed by atoms with Gasteiger partial charge in [-0.25, -0.2) is 5.01 Å². The Hall–Kier alpha value is -2.85. The molecule has 1 N–H and O–H groups in total. The van der Waals surface area contributed by atoms with Crippen molar-refractivity contribution in [2.45, 2.75) is 25.9 Å². The Kier molecular flexibility index (Phi) is 5.43. The van der Waals surface area contributed by atoms with Crippen LogP contribution in [0.15, 0.2) is 38.6 Å². The van der Waals surface area contributed by atoms with Gasteiger partial charge in [0.25, 0.3) is 11.8 Å². The van der Waals surface area contributed by atoms with Gasteiger partial charge in [0.2, 0.25) is 0 Å². The van der Waals surface area contributed by atoms with Crippen molar-refractivity contribution < 1.29 is 19.5 Å². The van der Waals surface area contributed by atoms with Crippen LogP contribution in [0.1, 0.15) is 13.8 Å². The summed E-state index contributed by atoms with van der Waals surface area (Å²) < 4.78 is 0. The van der Waals surface area contributed by atoms with Gasteiger partial charge in [0.1, 0.15) is 6.54 Å². The summed E-state index contributed by atoms with van der Waals surface area (Å²) >= 11 is 11.9. The molecule has 2 amide bonds. The number of anilines is 1. The van der Waals surface area contributed by atoms with Crippen LogP contribution in [0.3, 0.4) is 0 Å². The van der Waals surface area contributed by atoms with Crippen molar-refractivity contribution in [1.82, 2.24) is 5.01 Å². The highest BCUT2D eigenvalue weighted by Crippen LogP contribution is 2.30. The third-order valence-corrected chi connectivity index (χ3v) is 4.73. The molecule has 1 aromatic carbocycles. The molecule has 12 heteroatoms. The number of carboxylic acid groups (broad SMARTS) is 1. The molecule has 1 aromatic rings. The number of nitrogens with zero attached hydrogens (tertiary/aromatic N) is 6. The first-order valence-electron chi connectivity index (χ1n) is 8.01. The van der Waals surface area contributed by atoms with E-state index in [0.29, 0.717) is 16.4 Å². The molecule has 2 atom stereocenters. The largest absolute Gasteiger partial charge is 0.480 e. The molecule has 146 valence electrons. The van der Waals surface area contributed by atoms with E-state index in [-0.39, 0.29) is 10.7 Å². The van der Waals surface area contributed by atoms with Crippen molar-refractivity contribution in [3.05, 3.63) is 28.2 Å². The second kappa shape index (κ2) is 7.64. The van der Waals surface area contributed by atoms with E-state index in [1.165, 1.54) is 13.0 Å². The normalized spacial score (nSPS) is 22.3. The fraction of sp³-hybridized carbons (Fsp3) is 0.312. The molecule has 0 spiro atoms. The minimum absolute atomic E-state index is 0.270. The van der Waals surface area contributed by atoms with Crippen LogP contribution >= 0.6 is 23.2 Å². The van der Waals surface area contributed by atoms with Gasteiger partial charge < -0.3 is 5.11 Å². The monoisotopic (exact) mass is 424 g/mol. The number of carbonyl (C=O) groups excluding carboxylic acids is 2. The van der Waals surface area contributed by atoms with Crippen LogP contribution in [0, 0.1) is 0 Å². The number of halogens is 2. The molecule has 2 unspecified atom stereocenters. The highest BCUT2D eigenvalue weighted by Gasteiger charge is 2.38. The van der Waals surface area contributed by atoms with Gasteiger partial charge in [-0.1, -0.05) is 23.2 Å². The van der Waals surface area contributed by atoms with Crippen LogP contribution in [0.4, 0.5) is 5.69 Å². The summed E-state index contributed by atoms with van der Waals surface area (Å²) in [5, 5.41) is 27.3. The third-order valence-electron chi connectivity index (χ3n) is 3.99. The first-order chi connectivity index (χ1) is 13.2. The van der Waals surface area contributed by atoms with Crippen LogP contribution in [0.25, 0.3) is 0 Å². The number of hydrazone groups is 2. The maximum atomic E-state index is 12.7. The molecule has 0 aliphatic carbocycles. The number of benzene rings is 1. The molecular formula is C16H14Cl2N6O4. The summed E-state index contributed by atoms with van der Waals surface area (Å²) in [6.45, 7) is 2.56. The molecule has 0 bridgehead atoms. The summed E-state index contributed by atoms with van der Waals surface area (Å²) in [6, 6.07) is 2.55. The second-order valence-corrected chi connectivity index (χ2v) is 6.87. The summed E-state index contributed by atoms with van der Waals surface area (Å²) in [5.41, 5.74) is 1.08.